The van der Waals surface area contributed by atoms with Crippen molar-refractivity contribution in [2.45, 2.75) is 26.7 Å². The number of fused-ring (bicyclic) bond motifs is 1. The first-order valence-electron chi connectivity index (χ1n) is 10.2. The molecule has 0 saturated heterocycles. The van der Waals surface area contributed by atoms with E-state index in [-0.39, 0.29) is 5.56 Å². The van der Waals surface area contributed by atoms with Crippen molar-refractivity contribution in [1.29, 1.82) is 0 Å². The first-order valence-corrected chi connectivity index (χ1v) is 10.2. The summed E-state index contributed by atoms with van der Waals surface area (Å²) in [6, 6.07) is 19.5. The van der Waals surface area contributed by atoms with Crippen LogP contribution in [0, 0.1) is 6.92 Å². The quantitative estimate of drug-likeness (QED) is 0.405. The molecule has 6 nitrogen and oxygen atoms in total. The van der Waals surface area contributed by atoms with Gasteiger partial charge in [0.25, 0.3) is 5.56 Å². The fraction of sp³-hybridized carbons (Fsp3) is 0.160. The van der Waals surface area contributed by atoms with Crippen LogP contribution in [0.15, 0.2) is 82.3 Å². The topological polar surface area (TPSA) is 65.8 Å². The summed E-state index contributed by atoms with van der Waals surface area (Å²) in [5.74, 6) is 1.36. The highest BCUT2D eigenvalue weighted by atomic mass is 16.3. The van der Waals surface area contributed by atoms with Crippen LogP contribution in [0.25, 0.3) is 34.0 Å². The molecule has 31 heavy (non-hydrogen) atoms. The van der Waals surface area contributed by atoms with Gasteiger partial charge in [0.05, 0.1) is 23.8 Å². The van der Waals surface area contributed by atoms with Gasteiger partial charge in [-0.2, -0.15) is 5.10 Å². The summed E-state index contributed by atoms with van der Waals surface area (Å²) < 4.78 is 8.91. The van der Waals surface area contributed by atoms with Crippen molar-refractivity contribution in [3.63, 3.8) is 0 Å². The highest BCUT2D eigenvalue weighted by Crippen LogP contribution is 2.25. The molecule has 154 valence electrons. The lowest BCUT2D eigenvalue weighted by molar-refractivity contribution is 0.574. The zero-order chi connectivity index (χ0) is 21.5. The average Bonchev–Trinajstić information content (AvgIpc) is 3.45. The molecule has 0 aliphatic heterocycles. The molecule has 3 aromatic heterocycles. The fourth-order valence-corrected chi connectivity index (χ4v) is 3.66. The van der Waals surface area contributed by atoms with Crippen molar-refractivity contribution < 1.29 is 4.42 Å². The molecule has 0 unspecified atom stereocenters. The van der Waals surface area contributed by atoms with Crippen molar-refractivity contribution in [3.05, 3.63) is 94.6 Å². The summed E-state index contributed by atoms with van der Waals surface area (Å²) in [6.07, 6.45) is 3.16. The third-order valence-corrected chi connectivity index (χ3v) is 5.44. The molecule has 0 bridgehead atoms. The highest BCUT2D eigenvalue weighted by molar-refractivity contribution is 5.78. The number of hydrogen-bond acceptors (Lipinski definition) is 4. The van der Waals surface area contributed by atoms with E-state index in [2.05, 4.69) is 18.9 Å². The van der Waals surface area contributed by atoms with Gasteiger partial charge in [0.1, 0.15) is 5.39 Å². The summed E-state index contributed by atoms with van der Waals surface area (Å²) in [5, 5.41) is 4.91. The maximum Gasteiger partial charge on any atom is 0.269 e. The van der Waals surface area contributed by atoms with Crippen LogP contribution in [-0.2, 0) is 0 Å². The molecule has 0 spiro atoms. The van der Waals surface area contributed by atoms with Crippen LogP contribution in [-0.4, -0.2) is 19.3 Å². The van der Waals surface area contributed by atoms with E-state index in [1.165, 1.54) is 5.56 Å². The molecule has 0 saturated carbocycles. The predicted octanol–water partition coefficient (Wildman–Crippen LogP) is 5.26. The van der Waals surface area contributed by atoms with Gasteiger partial charge in [-0.3, -0.25) is 9.36 Å². The van der Waals surface area contributed by atoms with Crippen LogP contribution in [0.1, 0.15) is 30.9 Å². The van der Waals surface area contributed by atoms with E-state index >= 15 is 0 Å². The monoisotopic (exact) mass is 410 g/mol. The van der Waals surface area contributed by atoms with E-state index in [9.17, 15) is 4.79 Å². The number of hydrogen-bond donors (Lipinski definition) is 0. The normalized spacial score (nSPS) is 11.5. The Hall–Kier alpha value is -3.93. The zero-order valence-electron chi connectivity index (χ0n) is 17.6. The van der Waals surface area contributed by atoms with Gasteiger partial charge >= 0.3 is 0 Å². The van der Waals surface area contributed by atoms with Gasteiger partial charge in [-0.1, -0.05) is 43.7 Å². The molecule has 0 fully saturated rings. The molecule has 0 N–H and O–H groups in total. The number of aromatic nitrogens is 4. The minimum absolute atomic E-state index is 0.188. The van der Waals surface area contributed by atoms with Crippen LogP contribution in [0.4, 0.5) is 0 Å². The summed E-state index contributed by atoms with van der Waals surface area (Å²) >= 11 is 0. The number of rotatable bonds is 4. The smallest absolute Gasteiger partial charge is 0.269 e. The van der Waals surface area contributed by atoms with Crippen LogP contribution < -0.4 is 5.56 Å². The minimum atomic E-state index is -0.188. The molecule has 3 heterocycles. The molecule has 5 rings (SSSR count). The second-order valence-corrected chi connectivity index (χ2v) is 7.93. The highest BCUT2D eigenvalue weighted by Gasteiger charge is 2.20. The standard InChI is InChI=1S/C25H22N4O2/c1-16(2)18-8-12-19(13-9-18)28-24(22-5-4-14-31-22)27-23-21(25(28)30)15-26-29(23)20-10-6-17(3)7-11-20/h4-16H,1-3H3. The second-order valence-electron chi connectivity index (χ2n) is 7.93. The van der Waals surface area contributed by atoms with Gasteiger partial charge in [-0.25, -0.2) is 9.67 Å². The Morgan fingerprint density at radius 2 is 1.65 bits per heavy atom. The second kappa shape index (κ2) is 7.40. The van der Waals surface area contributed by atoms with E-state index in [1.807, 2.05) is 55.5 Å². The Balaban J connectivity index is 1.78. The molecule has 0 atom stereocenters. The Morgan fingerprint density at radius 3 is 2.29 bits per heavy atom. The van der Waals surface area contributed by atoms with Gasteiger partial charge < -0.3 is 4.42 Å². The molecule has 0 radical (unpaired) electrons. The number of nitrogens with zero attached hydrogens (tertiary/aromatic N) is 4. The van der Waals surface area contributed by atoms with Crippen molar-refractivity contribution in [2.75, 3.05) is 0 Å². The van der Waals surface area contributed by atoms with Crippen molar-refractivity contribution in [2.24, 2.45) is 0 Å². The zero-order valence-corrected chi connectivity index (χ0v) is 17.6. The predicted molar refractivity (Wildman–Crippen MR) is 121 cm³/mol. The molecule has 0 amide bonds. The SMILES string of the molecule is Cc1ccc(-n2ncc3c(=O)n(-c4ccc(C(C)C)cc4)c(-c4ccco4)nc32)cc1. The molecule has 0 aliphatic carbocycles. The minimum Gasteiger partial charge on any atom is -0.461 e. The molecule has 6 heteroatoms. The molecule has 0 aliphatic rings. The summed E-state index contributed by atoms with van der Waals surface area (Å²) in [7, 11) is 0. The molecular formula is C25H22N4O2. The van der Waals surface area contributed by atoms with Crippen LogP contribution >= 0.6 is 0 Å². The third kappa shape index (κ3) is 3.26. The lowest BCUT2D eigenvalue weighted by atomic mass is 10.0. The maximum atomic E-state index is 13.6. The van der Waals surface area contributed by atoms with Gasteiger partial charge in [0, 0.05) is 0 Å². The first-order chi connectivity index (χ1) is 15.0. The van der Waals surface area contributed by atoms with Crippen molar-refractivity contribution in [1.82, 2.24) is 19.3 Å². The van der Waals surface area contributed by atoms with Gasteiger partial charge in [-0.05, 0) is 54.8 Å². The van der Waals surface area contributed by atoms with Crippen LogP contribution in [0.3, 0.4) is 0 Å². The van der Waals surface area contributed by atoms with E-state index in [1.54, 1.807) is 33.8 Å². The lowest BCUT2D eigenvalue weighted by Gasteiger charge is -2.13. The Bertz CT molecular complexity index is 1410. The Morgan fingerprint density at radius 1 is 0.935 bits per heavy atom. The van der Waals surface area contributed by atoms with E-state index in [4.69, 9.17) is 9.40 Å². The Kier molecular flexibility index (Phi) is 4.55. The Labute approximate surface area is 179 Å². The third-order valence-electron chi connectivity index (χ3n) is 5.44. The summed E-state index contributed by atoms with van der Waals surface area (Å²) in [6.45, 7) is 6.31. The molecular weight excluding hydrogens is 388 g/mol. The van der Waals surface area contributed by atoms with E-state index in [0.29, 0.717) is 28.5 Å². The van der Waals surface area contributed by atoms with Crippen LogP contribution in [0.5, 0.6) is 0 Å². The van der Waals surface area contributed by atoms with Gasteiger partial charge in [-0.15, -0.1) is 0 Å². The van der Waals surface area contributed by atoms with Crippen LogP contribution in [0.2, 0.25) is 0 Å². The summed E-state index contributed by atoms with van der Waals surface area (Å²) in [5.41, 5.74) is 4.24. The van der Waals surface area contributed by atoms with Crippen molar-refractivity contribution >= 4 is 11.0 Å². The first kappa shape index (κ1) is 19.1. The largest absolute Gasteiger partial charge is 0.461 e. The van der Waals surface area contributed by atoms with Gasteiger partial charge in [0.2, 0.25) is 0 Å². The van der Waals surface area contributed by atoms with Crippen molar-refractivity contribution in [3.8, 4) is 23.0 Å². The fourth-order valence-electron chi connectivity index (χ4n) is 3.66. The van der Waals surface area contributed by atoms with E-state index < -0.39 is 0 Å². The number of aryl methyl sites for hydroxylation is 1. The lowest BCUT2D eigenvalue weighted by Crippen LogP contribution is -2.22. The summed E-state index contributed by atoms with van der Waals surface area (Å²) in [4.78, 5) is 18.4. The number of furan rings is 1. The maximum absolute atomic E-state index is 13.6. The number of benzene rings is 2. The molecule has 5 aromatic rings. The van der Waals surface area contributed by atoms with E-state index in [0.717, 1.165) is 16.9 Å². The van der Waals surface area contributed by atoms with Gasteiger partial charge in [0.15, 0.2) is 17.2 Å². The molecule has 2 aromatic carbocycles. The average molecular weight is 410 g/mol.